The number of hydrogen-bond donors (Lipinski definition) is 1. The fourth-order valence-corrected chi connectivity index (χ4v) is 3.35. The second-order valence-corrected chi connectivity index (χ2v) is 7.46. The van der Waals surface area contributed by atoms with Crippen LogP contribution in [0.5, 0.6) is 0 Å². The fourth-order valence-electron chi connectivity index (χ4n) is 3.35. The number of pyridine rings is 1. The Kier molecular flexibility index (Phi) is 5.56. The lowest BCUT2D eigenvalue weighted by Gasteiger charge is -2.15. The number of nitrogens with zero attached hydrogens (tertiary/aromatic N) is 1. The van der Waals surface area contributed by atoms with Crippen molar-refractivity contribution in [2.24, 2.45) is 0 Å². The van der Waals surface area contributed by atoms with Crippen molar-refractivity contribution in [3.05, 3.63) is 77.5 Å². The zero-order valence-electron chi connectivity index (χ0n) is 16.4. The molecule has 4 rings (SSSR count). The number of rotatable bonds is 7. The number of esters is 1. The van der Waals surface area contributed by atoms with Crippen molar-refractivity contribution in [1.82, 2.24) is 10.3 Å². The summed E-state index contributed by atoms with van der Waals surface area (Å²) in [6.45, 7) is 2.09. The largest absolute Gasteiger partial charge is 0.449 e. The third-order valence-corrected chi connectivity index (χ3v) is 5.16. The van der Waals surface area contributed by atoms with Crippen LogP contribution in [0.2, 0.25) is 0 Å². The number of fused-ring (bicyclic) bond motifs is 1. The number of amides is 1. The predicted molar refractivity (Wildman–Crippen MR) is 112 cm³/mol. The highest BCUT2D eigenvalue weighted by Crippen LogP contribution is 2.40. The smallest absolute Gasteiger partial charge is 0.339 e. The molecule has 5 heteroatoms. The predicted octanol–water partition coefficient (Wildman–Crippen LogP) is 4.02. The van der Waals surface area contributed by atoms with Gasteiger partial charge in [0.15, 0.2) is 6.10 Å². The van der Waals surface area contributed by atoms with Gasteiger partial charge < -0.3 is 10.1 Å². The number of ether oxygens (including phenoxy) is 1. The molecule has 0 saturated heterocycles. The lowest BCUT2D eigenvalue weighted by atomic mass is 10.1. The minimum atomic E-state index is -0.866. The normalized spacial score (nSPS) is 14.4. The molecule has 148 valence electrons. The van der Waals surface area contributed by atoms with Crippen LogP contribution in [0.3, 0.4) is 0 Å². The van der Waals surface area contributed by atoms with Crippen LogP contribution >= 0.6 is 0 Å². The van der Waals surface area contributed by atoms with Crippen molar-refractivity contribution in [1.29, 1.82) is 0 Å². The molecular weight excluding hydrogens is 364 g/mol. The molecular formula is C24H24N2O3. The van der Waals surface area contributed by atoms with E-state index < -0.39 is 12.1 Å². The van der Waals surface area contributed by atoms with Gasteiger partial charge in [0.1, 0.15) is 0 Å². The number of para-hydroxylation sites is 1. The van der Waals surface area contributed by atoms with E-state index in [1.807, 2.05) is 60.7 Å². The standard InChI is InChI=1S/C24H24N2O3/c1-16(23(27)25-14-13-17-7-3-2-4-8-17)29-24(28)20-15-22(18-11-12-18)26-21-10-6-5-9-19(20)21/h2-10,15-16,18H,11-14H2,1H3,(H,25,27). The van der Waals surface area contributed by atoms with E-state index >= 15 is 0 Å². The Morgan fingerprint density at radius 1 is 1.10 bits per heavy atom. The molecule has 5 nitrogen and oxygen atoms in total. The van der Waals surface area contributed by atoms with Crippen molar-refractivity contribution < 1.29 is 14.3 Å². The van der Waals surface area contributed by atoms with Crippen LogP contribution in [-0.2, 0) is 16.0 Å². The third kappa shape index (κ3) is 4.62. The number of hydrogen-bond acceptors (Lipinski definition) is 4. The Hall–Kier alpha value is -3.21. The molecule has 0 spiro atoms. The van der Waals surface area contributed by atoms with Crippen LogP contribution in [0.15, 0.2) is 60.7 Å². The molecule has 2 aromatic carbocycles. The molecule has 29 heavy (non-hydrogen) atoms. The zero-order valence-corrected chi connectivity index (χ0v) is 16.4. The van der Waals surface area contributed by atoms with E-state index in [9.17, 15) is 9.59 Å². The van der Waals surface area contributed by atoms with Crippen LogP contribution in [0, 0.1) is 0 Å². The van der Waals surface area contributed by atoms with Gasteiger partial charge in [0.25, 0.3) is 5.91 Å². The topological polar surface area (TPSA) is 68.3 Å². The third-order valence-electron chi connectivity index (χ3n) is 5.16. The Morgan fingerprint density at radius 3 is 2.59 bits per heavy atom. The molecule has 1 unspecified atom stereocenters. The van der Waals surface area contributed by atoms with Crippen LogP contribution in [0.25, 0.3) is 10.9 Å². The molecule has 0 radical (unpaired) electrons. The van der Waals surface area contributed by atoms with E-state index in [2.05, 4.69) is 10.3 Å². The Balaban J connectivity index is 1.41. The van der Waals surface area contributed by atoms with Crippen LogP contribution in [0.4, 0.5) is 0 Å². The highest BCUT2D eigenvalue weighted by molar-refractivity contribution is 6.04. The number of carbonyl (C=O) groups excluding carboxylic acids is 2. The summed E-state index contributed by atoms with van der Waals surface area (Å²) in [5.74, 6) is -0.365. The highest BCUT2D eigenvalue weighted by atomic mass is 16.5. The van der Waals surface area contributed by atoms with E-state index in [-0.39, 0.29) is 5.91 Å². The lowest BCUT2D eigenvalue weighted by molar-refractivity contribution is -0.129. The molecule has 1 aliphatic rings. The van der Waals surface area contributed by atoms with Crippen LogP contribution < -0.4 is 5.32 Å². The molecule has 1 amide bonds. The fraction of sp³-hybridized carbons (Fsp3) is 0.292. The first kappa shape index (κ1) is 19.1. The second-order valence-electron chi connectivity index (χ2n) is 7.46. The number of benzene rings is 2. The van der Waals surface area contributed by atoms with Crippen molar-refractivity contribution in [3.63, 3.8) is 0 Å². The number of nitrogens with one attached hydrogen (secondary N) is 1. The quantitative estimate of drug-likeness (QED) is 0.621. The average Bonchev–Trinajstić information content (AvgIpc) is 3.59. The molecule has 1 saturated carbocycles. The van der Waals surface area contributed by atoms with Crippen LogP contribution in [-0.4, -0.2) is 29.5 Å². The molecule has 1 heterocycles. The van der Waals surface area contributed by atoms with Crippen LogP contribution in [0.1, 0.15) is 47.3 Å². The SMILES string of the molecule is CC(OC(=O)c1cc(C2CC2)nc2ccccc12)C(=O)NCCc1ccccc1. The summed E-state index contributed by atoms with van der Waals surface area (Å²) in [4.78, 5) is 29.9. The van der Waals surface area contributed by atoms with Gasteiger partial charge in [0.05, 0.1) is 11.1 Å². The average molecular weight is 388 g/mol. The van der Waals surface area contributed by atoms with E-state index in [1.54, 1.807) is 6.92 Å². The molecule has 1 aliphatic carbocycles. The molecule has 0 bridgehead atoms. The van der Waals surface area contributed by atoms with Gasteiger partial charge in [-0.2, -0.15) is 0 Å². The summed E-state index contributed by atoms with van der Waals surface area (Å²) in [6, 6.07) is 19.3. The Labute approximate surface area is 170 Å². The second kappa shape index (κ2) is 8.43. The van der Waals surface area contributed by atoms with Gasteiger partial charge >= 0.3 is 5.97 Å². The minimum Gasteiger partial charge on any atom is -0.449 e. The van der Waals surface area contributed by atoms with Gasteiger partial charge in [-0.3, -0.25) is 9.78 Å². The monoisotopic (exact) mass is 388 g/mol. The minimum absolute atomic E-state index is 0.296. The summed E-state index contributed by atoms with van der Waals surface area (Å²) < 4.78 is 5.49. The van der Waals surface area contributed by atoms with Gasteiger partial charge in [-0.1, -0.05) is 48.5 Å². The first-order chi connectivity index (χ1) is 14.1. The molecule has 0 aliphatic heterocycles. The molecule has 1 fully saturated rings. The summed E-state index contributed by atoms with van der Waals surface area (Å²) in [6.07, 6.45) is 2.06. The van der Waals surface area contributed by atoms with Gasteiger partial charge in [0, 0.05) is 23.5 Å². The van der Waals surface area contributed by atoms with Crippen molar-refractivity contribution in [2.45, 2.75) is 38.2 Å². The highest BCUT2D eigenvalue weighted by Gasteiger charge is 2.28. The summed E-state index contributed by atoms with van der Waals surface area (Å²) in [5, 5.41) is 3.58. The summed E-state index contributed by atoms with van der Waals surface area (Å²) in [5.41, 5.74) is 3.33. The van der Waals surface area contributed by atoms with E-state index in [1.165, 1.54) is 0 Å². The van der Waals surface area contributed by atoms with E-state index in [0.29, 0.717) is 18.0 Å². The van der Waals surface area contributed by atoms with E-state index in [4.69, 9.17) is 4.74 Å². The van der Waals surface area contributed by atoms with E-state index in [0.717, 1.165) is 41.4 Å². The maximum Gasteiger partial charge on any atom is 0.339 e. The molecule has 1 aromatic heterocycles. The summed E-state index contributed by atoms with van der Waals surface area (Å²) >= 11 is 0. The number of carbonyl (C=O) groups is 2. The first-order valence-corrected chi connectivity index (χ1v) is 10.0. The van der Waals surface area contributed by atoms with Gasteiger partial charge in [0.2, 0.25) is 0 Å². The van der Waals surface area contributed by atoms with Crippen molar-refractivity contribution >= 4 is 22.8 Å². The zero-order chi connectivity index (χ0) is 20.2. The maximum atomic E-state index is 12.8. The van der Waals surface area contributed by atoms with Gasteiger partial charge in [-0.05, 0) is 43.9 Å². The first-order valence-electron chi connectivity index (χ1n) is 10.0. The van der Waals surface area contributed by atoms with Crippen molar-refractivity contribution in [2.75, 3.05) is 6.54 Å². The number of aromatic nitrogens is 1. The molecule has 1 atom stereocenters. The Bertz CT molecular complexity index is 1030. The van der Waals surface area contributed by atoms with Gasteiger partial charge in [-0.25, -0.2) is 4.79 Å². The lowest BCUT2D eigenvalue weighted by Crippen LogP contribution is -2.37. The Morgan fingerprint density at radius 2 is 1.83 bits per heavy atom. The summed E-state index contributed by atoms with van der Waals surface area (Å²) in [7, 11) is 0. The van der Waals surface area contributed by atoms with Crippen molar-refractivity contribution in [3.8, 4) is 0 Å². The maximum absolute atomic E-state index is 12.8. The molecule has 3 aromatic rings. The van der Waals surface area contributed by atoms with Gasteiger partial charge in [-0.15, -0.1) is 0 Å². The molecule has 1 N–H and O–H groups in total.